The Morgan fingerprint density at radius 3 is 2.60 bits per heavy atom. The largest absolute Gasteiger partial charge is 0.272 e. The van der Waals surface area contributed by atoms with Gasteiger partial charge in [0.15, 0.2) is 4.77 Å². The molecule has 1 N–H and O–H groups in total. The lowest BCUT2D eigenvalue weighted by atomic mass is 9.77. The zero-order valence-electron chi connectivity index (χ0n) is 10.8. The number of para-hydroxylation sites is 1. The predicted octanol–water partition coefficient (Wildman–Crippen LogP) is 3.62. The number of rotatable bonds is 2. The lowest BCUT2D eigenvalue weighted by molar-refractivity contribution is 0.644. The average molecular weight is 279 g/mol. The maximum atomic E-state index is 5.39. The summed E-state index contributed by atoms with van der Waals surface area (Å²) >= 11 is 5.39. The zero-order valence-corrected chi connectivity index (χ0v) is 11.6. The molecular weight excluding hydrogens is 266 g/mol. The highest BCUT2D eigenvalue weighted by molar-refractivity contribution is 7.71. The molecule has 0 amide bonds. The first-order valence-corrected chi connectivity index (χ1v) is 7.06. The number of benzene rings is 2. The van der Waals surface area contributed by atoms with E-state index in [0.717, 1.165) is 17.9 Å². The van der Waals surface area contributed by atoms with Crippen molar-refractivity contribution in [1.82, 2.24) is 14.8 Å². The third-order valence-electron chi connectivity index (χ3n) is 3.88. The molecule has 3 aromatic rings. The summed E-state index contributed by atoms with van der Waals surface area (Å²) < 4.78 is 2.69. The van der Waals surface area contributed by atoms with E-state index in [1.807, 2.05) is 22.8 Å². The molecule has 1 unspecified atom stereocenters. The van der Waals surface area contributed by atoms with Crippen LogP contribution in [0.25, 0.3) is 5.69 Å². The summed E-state index contributed by atoms with van der Waals surface area (Å²) in [6.45, 7) is 0. The maximum absolute atomic E-state index is 5.39. The van der Waals surface area contributed by atoms with Gasteiger partial charge in [-0.05, 0) is 41.9 Å². The van der Waals surface area contributed by atoms with Crippen LogP contribution in [0.15, 0.2) is 54.6 Å². The van der Waals surface area contributed by atoms with Gasteiger partial charge in [-0.1, -0.05) is 42.5 Å². The fourth-order valence-electron chi connectivity index (χ4n) is 2.86. The molecule has 4 heteroatoms. The molecule has 1 atom stereocenters. The Morgan fingerprint density at radius 1 is 1.05 bits per heavy atom. The number of H-pyrrole nitrogens is 1. The Bertz CT molecular complexity index is 817. The lowest BCUT2D eigenvalue weighted by Crippen LogP contribution is -2.21. The van der Waals surface area contributed by atoms with E-state index in [1.54, 1.807) is 0 Å². The minimum Gasteiger partial charge on any atom is -0.272 e. The lowest BCUT2D eigenvalue weighted by Gasteiger charge is -2.29. The Kier molecular flexibility index (Phi) is 2.57. The number of fused-ring (bicyclic) bond motifs is 1. The smallest absolute Gasteiger partial charge is 0.199 e. The van der Waals surface area contributed by atoms with E-state index in [-0.39, 0.29) is 0 Å². The highest BCUT2D eigenvalue weighted by Gasteiger charge is 2.31. The molecule has 0 bridgehead atoms. The molecule has 20 heavy (non-hydrogen) atoms. The second kappa shape index (κ2) is 4.42. The number of aromatic nitrogens is 3. The van der Waals surface area contributed by atoms with Gasteiger partial charge in [-0.2, -0.15) is 5.10 Å². The van der Waals surface area contributed by atoms with Crippen LogP contribution in [0.2, 0.25) is 0 Å². The molecular formula is C16H13N3S. The van der Waals surface area contributed by atoms with Gasteiger partial charge in [0.2, 0.25) is 0 Å². The number of hydrogen-bond donors (Lipinski definition) is 1. The van der Waals surface area contributed by atoms with Crippen molar-refractivity contribution in [2.75, 3.05) is 0 Å². The molecule has 98 valence electrons. The molecule has 1 heterocycles. The van der Waals surface area contributed by atoms with Crippen LogP contribution in [0, 0.1) is 4.77 Å². The first-order valence-electron chi connectivity index (χ1n) is 6.65. The topological polar surface area (TPSA) is 33.6 Å². The Balaban J connectivity index is 1.85. The second-order valence-corrected chi connectivity index (χ2v) is 5.40. The highest BCUT2D eigenvalue weighted by atomic mass is 32.1. The normalized spacial score (nSPS) is 16.5. The summed E-state index contributed by atoms with van der Waals surface area (Å²) in [6, 6.07) is 18.7. The maximum Gasteiger partial charge on any atom is 0.199 e. The Labute approximate surface area is 121 Å². The molecule has 3 nitrogen and oxygen atoms in total. The van der Waals surface area contributed by atoms with Crippen molar-refractivity contribution in [3.8, 4) is 5.69 Å². The van der Waals surface area contributed by atoms with Gasteiger partial charge < -0.3 is 0 Å². The number of hydrogen-bond acceptors (Lipinski definition) is 2. The molecule has 2 aromatic carbocycles. The SMILES string of the molecule is S=c1[nH]nc(C2Cc3ccccc32)n1-c1ccccc1. The van der Waals surface area contributed by atoms with Crippen LogP contribution in [0.4, 0.5) is 0 Å². The second-order valence-electron chi connectivity index (χ2n) is 5.01. The molecule has 0 saturated carbocycles. The predicted molar refractivity (Wildman–Crippen MR) is 80.7 cm³/mol. The molecule has 0 spiro atoms. The molecule has 0 radical (unpaired) electrons. The van der Waals surface area contributed by atoms with Crippen molar-refractivity contribution in [3.05, 3.63) is 76.3 Å². The van der Waals surface area contributed by atoms with E-state index in [4.69, 9.17) is 12.2 Å². The van der Waals surface area contributed by atoms with Gasteiger partial charge in [0.05, 0.1) is 0 Å². The first-order chi connectivity index (χ1) is 9.84. The van der Waals surface area contributed by atoms with Crippen LogP contribution in [0.5, 0.6) is 0 Å². The van der Waals surface area contributed by atoms with Crippen molar-refractivity contribution >= 4 is 12.2 Å². The Hall–Kier alpha value is -2.20. The van der Waals surface area contributed by atoms with Gasteiger partial charge >= 0.3 is 0 Å². The molecule has 1 aliphatic carbocycles. The fourth-order valence-corrected chi connectivity index (χ4v) is 3.10. The van der Waals surface area contributed by atoms with E-state index >= 15 is 0 Å². The minimum absolute atomic E-state index is 0.333. The monoisotopic (exact) mass is 279 g/mol. The van der Waals surface area contributed by atoms with E-state index in [9.17, 15) is 0 Å². The number of nitrogens with zero attached hydrogens (tertiary/aromatic N) is 2. The summed E-state index contributed by atoms with van der Waals surface area (Å²) in [5, 5.41) is 7.39. The molecule has 1 aliphatic rings. The molecule has 0 fully saturated rings. The van der Waals surface area contributed by atoms with Crippen LogP contribution in [0.3, 0.4) is 0 Å². The van der Waals surface area contributed by atoms with Gasteiger partial charge in [0.1, 0.15) is 5.82 Å². The summed E-state index contributed by atoms with van der Waals surface area (Å²) in [7, 11) is 0. The third kappa shape index (κ3) is 1.65. The zero-order chi connectivity index (χ0) is 13.5. The third-order valence-corrected chi connectivity index (χ3v) is 4.15. The van der Waals surface area contributed by atoms with Crippen molar-refractivity contribution in [3.63, 3.8) is 0 Å². The van der Waals surface area contributed by atoms with Gasteiger partial charge in [-0.25, -0.2) is 0 Å². The molecule has 1 aromatic heterocycles. The van der Waals surface area contributed by atoms with E-state index in [2.05, 4.69) is 46.6 Å². The van der Waals surface area contributed by atoms with Crippen molar-refractivity contribution in [2.24, 2.45) is 0 Å². The first kappa shape index (κ1) is 11.6. The molecule has 4 rings (SSSR count). The molecule has 0 aliphatic heterocycles. The Morgan fingerprint density at radius 2 is 1.80 bits per heavy atom. The van der Waals surface area contributed by atoms with Gasteiger partial charge in [0.25, 0.3) is 0 Å². The van der Waals surface area contributed by atoms with E-state index in [1.165, 1.54) is 11.1 Å². The van der Waals surface area contributed by atoms with Crippen LogP contribution in [-0.4, -0.2) is 14.8 Å². The fraction of sp³-hybridized carbons (Fsp3) is 0.125. The quantitative estimate of drug-likeness (QED) is 0.727. The number of nitrogens with one attached hydrogen (secondary N) is 1. The van der Waals surface area contributed by atoms with Crippen LogP contribution >= 0.6 is 12.2 Å². The van der Waals surface area contributed by atoms with Gasteiger partial charge in [-0.15, -0.1) is 0 Å². The molecule has 0 saturated heterocycles. The van der Waals surface area contributed by atoms with Crippen molar-refractivity contribution in [1.29, 1.82) is 0 Å². The van der Waals surface area contributed by atoms with Gasteiger partial charge in [-0.3, -0.25) is 9.67 Å². The summed E-state index contributed by atoms with van der Waals surface area (Å²) in [6.07, 6.45) is 1.03. The van der Waals surface area contributed by atoms with E-state index < -0.39 is 0 Å². The van der Waals surface area contributed by atoms with E-state index in [0.29, 0.717) is 10.7 Å². The number of aromatic amines is 1. The average Bonchev–Trinajstić information content (AvgIpc) is 2.83. The minimum atomic E-state index is 0.333. The standard InChI is InChI=1S/C16H13N3S/c20-16-18-17-15(19(16)12-7-2-1-3-8-12)14-10-11-6-4-5-9-13(11)14/h1-9,14H,10H2,(H,18,20). The highest BCUT2D eigenvalue weighted by Crippen LogP contribution is 2.39. The van der Waals surface area contributed by atoms with Crippen molar-refractivity contribution < 1.29 is 0 Å². The summed E-state index contributed by atoms with van der Waals surface area (Å²) in [5.41, 5.74) is 3.83. The van der Waals surface area contributed by atoms with Gasteiger partial charge in [0, 0.05) is 11.6 Å². The summed E-state index contributed by atoms with van der Waals surface area (Å²) in [5.74, 6) is 1.33. The van der Waals surface area contributed by atoms with Crippen LogP contribution in [-0.2, 0) is 6.42 Å². The van der Waals surface area contributed by atoms with Crippen LogP contribution in [0.1, 0.15) is 22.9 Å². The summed E-state index contributed by atoms with van der Waals surface area (Å²) in [4.78, 5) is 0. The van der Waals surface area contributed by atoms with Crippen LogP contribution < -0.4 is 0 Å². The van der Waals surface area contributed by atoms with Crippen molar-refractivity contribution in [2.45, 2.75) is 12.3 Å².